The third kappa shape index (κ3) is 2.81. The number of nitrogens with zero attached hydrogens (tertiary/aromatic N) is 1. The van der Waals surface area contributed by atoms with E-state index in [2.05, 4.69) is 11.7 Å². The summed E-state index contributed by atoms with van der Waals surface area (Å²) in [5, 5.41) is 0.340. The summed E-state index contributed by atoms with van der Waals surface area (Å²) in [4.78, 5) is 3.43. The van der Waals surface area contributed by atoms with Crippen LogP contribution in [0.25, 0.3) is 0 Å². The second-order valence-electron chi connectivity index (χ2n) is 3.97. The minimum atomic E-state index is -4.45. The Morgan fingerprint density at radius 3 is 2.00 bits per heavy atom. The van der Waals surface area contributed by atoms with Gasteiger partial charge in [-0.25, -0.2) is 0 Å². The Bertz CT molecular complexity index is 425. The Morgan fingerprint density at radius 2 is 1.67 bits per heavy atom. The third-order valence-electron chi connectivity index (χ3n) is 2.94. The van der Waals surface area contributed by atoms with Gasteiger partial charge < -0.3 is 0 Å². The number of aliphatic imine (C=N–C) groups is 1. The van der Waals surface area contributed by atoms with Crippen molar-refractivity contribution in [3.05, 3.63) is 33.8 Å². The number of hydrogen-bond donors (Lipinski definition) is 0. The fourth-order valence-corrected chi connectivity index (χ4v) is 2.41. The van der Waals surface area contributed by atoms with Crippen molar-refractivity contribution in [3.63, 3.8) is 0 Å². The summed E-state index contributed by atoms with van der Waals surface area (Å²) in [7, 11) is 0. The van der Waals surface area contributed by atoms with Crippen LogP contribution >= 0.6 is 23.2 Å². The molecular formula is C12H12Cl2F3N. The zero-order valence-electron chi connectivity index (χ0n) is 9.69. The molecule has 0 heterocycles. The average molecular weight is 298 g/mol. The molecule has 0 fully saturated rings. The van der Waals surface area contributed by atoms with Gasteiger partial charge in [0, 0.05) is 10.0 Å². The average Bonchev–Trinajstić information content (AvgIpc) is 2.22. The molecule has 1 atom stereocenters. The first-order valence-electron chi connectivity index (χ1n) is 5.22. The van der Waals surface area contributed by atoms with E-state index in [1.807, 2.05) is 0 Å². The van der Waals surface area contributed by atoms with E-state index in [9.17, 15) is 13.2 Å². The van der Waals surface area contributed by atoms with Gasteiger partial charge in [0.05, 0.1) is 6.54 Å². The zero-order valence-corrected chi connectivity index (χ0v) is 11.2. The minimum absolute atomic E-state index is 0.0161. The van der Waals surface area contributed by atoms with Crippen molar-refractivity contribution in [1.82, 2.24) is 0 Å². The maximum Gasteiger partial charge on any atom is 0.400 e. The molecule has 0 N–H and O–H groups in total. The highest BCUT2D eigenvalue weighted by Crippen LogP contribution is 2.45. The van der Waals surface area contributed by atoms with Crippen LogP contribution in [-0.4, -0.2) is 19.4 Å². The van der Waals surface area contributed by atoms with Gasteiger partial charge >= 0.3 is 6.18 Å². The molecule has 1 aromatic carbocycles. The second-order valence-corrected chi connectivity index (χ2v) is 4.85. The van der Waals surface area contributed by atoms with Gasteiger partial charge in [0.1, 0.15) is 5.41 Å². The molecule has 0 aliphatic carbocycles. The monoisotopic (exact) mass is 297 g/mol. The van der Waals surface area contributed by atoms with Crippen LogP contribution in [-0.2, 0) is 5.41 Å². The Balaban J connectivity index is 3.46. The van der Waals surface area contributed by atoms with Crippen molar-refractivity contribution >= 4 is 29.9 Å². The summed E-state index contributed by atoms with van der Waals surface area (Å²) < 4.78 is 40.0. The molecule has 6 heteroatoms. The number of rotatable bonds is 4. The molecule has 0 spiro atoms. The van der Waals surface area contributed by atoms with Crippen molar-refractivity contribution in [2.45, 2.75) is 24.9 Å². The molecule has 0 saturated heterocycles. The second kappa shape index (κ2) is 5.49. The number of alkyl halides is 3. The molecule has 0 saturated carbocycles. The number of hydrogen-bond acceptors (Lipinski definition) is 1. The standard InChI is InChI=1S/C12H12Cl2F3N/c1-3-11(7-18-2,12(15,16)17)8-4-9(13)6-10(14)5-8/h4-6H,2-3,7H2,1H3. The summed E-state index contributed by atoms with van der Waals surface area (Å²) in [5.74, 6) is 0. The third-order valence-corrected chi connectivity index (χ3v) is 3.38. The molecule has 0 aliphatic heterocycles. The first-order valence-corrected chi connectivity index (χ1v) is 5.98. The van der Waals surface area contributed by atoms with E-state index < -0.39 is 18.1 Å². The smallest absolute Gasteiger partial charge is 0.300 e. The highest BCUT2D eigenvalue weighted by atomic mass is 35.5. The predicted molar refractivity (Wildman–Crippen MR) is 68.9 cm³/mol. The van der Waals surface area contributed by atoms with Crippen molar-refractivity contribution in [2.24, 2.45) is 4.99 Å². The Labute approximate surface area is 114 Å². The van der Waals surface area contributed by atoms with Crippen LogP contribution in [0.1, 0.15) is 18.9 Å². The minimum Gasteiger partial charge on any atom is -0.300 e. The molecular weight excluding hydrogens is 286 g/mol. The van der Waals surface area contributed by atoms with Crippen molar-refractivity contribution in [1.29, 1.82) is 0 Å². The Kier molecular flexibility index (Phi) is 4.67. The Hall–Kier alpha value is -0.740. The van der Waals surface area contributed by atoms with Crippen LogP contribution in [0.4, 0.5) is 13.2 Å². The molecule has 1 unspecified atom stereocenters. The lowest BCUT2D eigenvalue weighted by Gasteiger charge is -2.34. The van der Waals surface area contributed by atoms with Gasteiger partial charge in [0.15, 0.2) is 0 Å². The fraction of sp³-hybridized carbons (Fsp3) is 0.417. The molecule has 0 aromatic heterocycles. The molecule has 1 aromatic rings. The molecule has 0 aliphatic rings. The quantitative estimate of drug-likeness (QED) is 0.701. The predicted octanol–water partition coefficient (Wildman–Crippen LogP) is 4.90. The van der Waals surface area contributed by atoms with Crippen molar-refractivity contribution < 1.29 is 13.2 Å². The maximum atomic E-state index is 13.3. The van der Waals surface area contributed by atoms with Crippen molar-refractivity contribution in [2.75, 3.05) is 6.54 Å². The van der Waals surface area contributed by atoms with E-state index >= 15 is 0 Å². The van der Waals surface area contributed by atoms with E-state index in [1.165, 1.54) is 25.1 Å². The molecule has 0 amide bonds. The van der Waals surface area contributed by atoms with E-state index in [4.69, 9.17) is 23.2 Å². The first kappa shape index (κ1) is 15.3. The van der Waals surface area contributed by atoms with Crippen LogP contribution in [0.2, 0.25) is 10.0 Å². The topological polar surface area (TPSA) is 12.4 Å². The lowest BCUT2D eigenvalue weighted by atomic mass is 9.77. The van der Waals surface area contributed by atoms with Gasteiger partial charge in [-0.05, 0) is 36.9 Å². The summed E-state index contributed by atoms with van der Waals surface area (Å²) in [6.45, 7) is 4.16. The highest BCUT2D eigenvalue weighted by molar-refractivity contribution is 6.34. The Morgan fingerprint density at radius 1 is 1.17 bits per heavy atom. The lowest BCUT2D eigenvalue weighted by molar-refractivity contribution is -0.188. The van der Waals surface area contributed by atoms with Crippen LogP contribution < -0.4 is 0 Å². The highest BCUT2D eigenvalue weighted by Gasteiger charge is 2.54. The van der Waals surface area contributed by atoms with E-state index in [0.29, 0.717) is 0 Å². The molecule has 0 bridgehead atoms. The zero-order chi connectivity index (χ0) is 14.0. The molecule has 100 valence electrons. The molecule has 1 rings (SSSR count). The lowest BCUT2D eigenvalue weighted by Crippen LogP contribution is -2.44. The van der Waals surface area contributed by atoms with Gasteiger partial charge in [-0.3, -0.25) is 4.99 Å². The summed E-state index contributed by atoms with van der Waals surface area (Å²) in [5.41, 5.74) is -2.08. The maximum absolute atomic E-state index is 13.3. The molecule has 1 nitrogen and oxygen atoms in total. The summed E-state index contributed by atoms with van der Waals surface area (Å²) in [6.07, 6.45) is -4.61. The summed E-state index contributed by atoms with van der Waals surface area (Å²) >= 11 is 11.5. The van der Waals surface area contributed by atoms with Gasteiger partial charge in [0.25, 0.3) is 0 Å². The first-order chi connectivity index (χ1) is 8.26. The van der Waals surface area contributed by atoms with Crippen molar-refractivity contribution in [3.8, 4) is 0 Å². The van der Waals surface area contributed by atoms with Crippen LogP contribution in [0.5, 0.6) is 0 Å². The van der Waals surface area contributed by atoms with Gasteiger partial charge in [-0.15, -0.1) is 0 Å². The van der Waals surface area contributed by atoms with E-state index in [0.717, 1.165) is 0 Å². The van der Waals surface area contributed by atoms with E-state index in [1.54, 1.807) is 0 Å². The van der Waals surface area contributed by atoms with Crippen LogP contribution in [0, 0.1) is 0 Å². The van der Waals surface area contributed by atoms with Gasteiger partial charge in [0.2, 0.25) is 0 Å². The largest absolute Gasteiger partial charge is 0.400 e. The van der Waals surface area contributed by atoms with E-state index in [-0.39, 0.29) is 22.0 Å². The number of benzene rings is 1. The van der Waals surface area contributed by atoms with Crippen LogP contribution in [0.3, 0.4) is 0 Å². The van der Waals surface area contributed by atoms with Crippen LogP contribution in [0.15, 0.2) is 23.2 Å². The molecule has 18 heavy (non-hydrogen) atoms. The SMILES string of the molecule is C=NCC(CC)(c1cc(Cl)cc(Cl)c1)C(F)(F)F. The van der Waals surface area contributed by atoms with Gasteiger partial charge in [-0.2, -0.15) is 13.2 Å². The normalized spacial score (nSPS) is 15.2. The fourth-order valence-electron chi connectivity index (χ4n) is 1.88. The number of halogens is 5. The summed E-state index contributed by atoms with van der Waals surface area (Å²) in [6, 6.07) is 3.94. The molecule has 0 radical (unpaired) electrons. The van der Waals surface area contributed by atoms with Gasteiger partial charge in [-0.1, -0.05) is 30.1 Å².